The molecular weight excluding hydrogens is 325 g/mol. The summed E-state index contributed by atoms with van der Waals surface area (Å²) in [6, 6.07) is 6.52. The van der Waals surface area contributed by atoms with Gasteiger partial charge in [-0.25, -0.2) is 0 Å². The van der Waals surface area contributed by atoms with Gasteiger partial charge in [-0.05, 0) is 36.6 Å². The molecule has 1 aliphatic heterocycles. The number of nitrogens with zero attached hydrogens (tertiary/aromatic N) is 1. The number of carbonyl (C=O) groups is 1. The van der Waals surface area contributed by atoms with Crippen molar-refractivity contribution in [3.05, 3.63) is 29.8 Å². The van der Waals surface area contributed by atoms with E-state index in [0.717, 1.165) is 0 Å². The summed E-state index contributed by atoms with van der Waals surface area (Å²) in [5, 5.41) is 12.7. The molecule has 24 heavy (non-hydrogen) atoms. The highest BCUT2D eigenvalue weighted by Gasteiger charge is 2.34. The molecule has 0 saturated carbocycles. The average molecular weight is 346 g/mol. The molecule has 0 aliphatic carbocycles. The number of amides is 1. The van der Waals surface area contributed by atoms with Crippen molar-refractivity contribution in [2.24, 2.45) is 5.92 Å². The minimum Gasteiger partial charge on any atom is -0.497 e. The molecule has 1 fully saturated rings. The van der Waals surface area contributed by atoms with Gasteiger partial charge in [0.05, 0.1) is 13.7 Å². The van der Waals surface area contributed by atoms with Gasteiger partial charge in [-0.3, -0.25) is 9.69 Å². The monoisotopic (exact) mass is 346 g/mol. The Balaban J connectivity index is 1.80. The first-order valence-corrected chi connectivity index (χ1v) is 7.67. The third kappa shape index (κ3) is 5.38. The maximum absolute atomic E-state index is 12.3. The van der Waals surface area contributed by atoms with Crippen molar-refractivity contribution in [2.45, 2.75) is 18.7 Å². The van der Waals surface area contributed by atoms with Crippen LogP contribution in [0.1, 0.15) is 18.1 Å². The van der Waals surface area contributed by atoms with E-state index >= 15 is 0 Å². The van der Waals surface area contributed by atoms with Gasteiger partial charge in [0.2, 0.25) is 0 Å². The van der Waals surface area contributed by atoms with Gasteiger partial charge in [-0.15, -0.1) is 0 Å². The lowest BCUT2D eigenvalue weighted by Gasteiger charge is -2.18. The van der Waals surface area contributed by atoms with Crippen molar-refractivity contribution < 1.29 is 27.8 Å². The van der Waals surface area contributed by atoms with Crippen LogP contribution in [0.5, 0.6) is 5.75 Å². The zero-order valence-corrected chi connectivity index (χ0v) is 13.3. The molecule has 0 aromatic heterocycles. The minimum atomic E-state index is -4.21. The fraction of sp³-hybridized carbons (Fsp3) is 0.562. The first-order valence-electron chi connectivity index (χ1n) is 7.67. The van der Waals surface area contributed by atoms with Crippen LogP contribution in [0.25, 0.3) is 0 Å². The second-order valence-corrected chi connectivity index (χ2v) is 5.93. The number of aliphatic hydroxyl groups is 1. The number of hydrogen-bond donors (Lipinski definition) is 2. The van der Waals surface area contributed by atoms with Crippen molar-refractivity contribution in [1.29, 1.82) is 0 Å². The van der Waals surface area contributed by atoms with Crippen LogP contribution in [-0.2, 0) is 4.79 Å². The Labute approximate surface area is 138 Å². The van der Waals surface area contributed by atoms with Crippen LogP contribution in [0.4, 0.5) is 13.2 Å². The second kappa shape index (κ2) is 7.85. The smallest absolute Gasteiger partial charge is 0.401 e. The van der Waals surface area contributed by atoms with Gasteiger partial charge in [-0.2, -0.15) is 13.2 Å². The lowest BCUT2D eigenvalue weighted by atomic mass is 10.1. The quantitative estimate of drug-likeness (QED) is 0.824. The van der Waals surface area contributed by atoms with Gasteiger partial charge < -0.3 is 15.2 Å². The molecule has 2 unspecified atom stereocenters. The number of hydrogen-bond acceptors (Lipinski definition) is 4. The highest BCUT2D eigenvalue weighted by Crippen LogP contribution is 2.23. The molecule has 2 rings (SSSR count). The van der Waals surface area contributed by atoms with E-state index in [0.29, 0.717) is 24.3 Å². The Morgan fingerprint density at radius 2 is 2.25 bits per heavy atom. The van der Waals surface area contributed by atoms with E-state index in [4.69, 9.17) is 4.74 Å². The maximum Gasteiger partial charge on any atom is 0.401 e. The topological polar surface area (TPSA) is 61.8 Å². The minimum absolute atomic E-state index is 0.0474. The second-order valence-electron chi connectivity index (χ2n) is 5.93. The van der Waals surface area contributed by atoms with Crippen LogP contribution < -0.4 is 10.1 Å². The van der Waals surface area contributed by atoms with Crippen LogP contribution in [0.15, 0.2) is 24.3 Å². The molecule has 1 amide bonds. The highest BCUT2D eigenvalue weighted by molar-refractivity contribution is 5.82. The van der Waals surface area contributed by atoms with E-state index in [2.05, 4.69) is 5.32 Å². The fourth-order valence-corrected chi connectivity index (χ4v) is 2.78. The zero-order chi connectivity index (χ0) is 17.7. The van der Waals surface area contributed by atoms with E-state index < -0.39 is 24.7 Å². The normalized spacial score (nSPS) is 20.0. The van der Waals surface area contributed by atoms with Crippen molar-refractivity contribution in [3.8, 4) is 5.75 Å². The fourth-order valence-electron chi connectivity index (χ4n) is 2.78. The van der Waals surface area contributed by atoms with Crippen LogP contribution in [0, 0.1) is 5.92 Å². The first kappa shape index (κ1) is 18.5. The summed E-state index contributed by atoms with van der Waals surface area (Å²) in [6.45, 7) is -0.0361. The number of rotatable bonds is 6. The number of carbonyl (C=O) groups excluding carboxylic acids is 1. The number of alkyl halides is 3. The molecule has 1 aromatic rings. The molecule has 1 aromatic carbocycles. The molecule has 2 N–H and O–H groups in total. The van der Waals surface area contributed by atoms with E-state index in [-0.39, 0.29) is 19.0 Å². The molecule has 1 aliphatic rings. The number of benzene rings is 1. The van der Waals surface area contributed by atoms with Gasteiger partial charge in [0.1, 0.15) is 5.75 Å². The Bertz CT molecular complexity index is 566. The lowest BCUT2D eigenvalue weighted by Crippen LogP contribution is -2.36. The molecule has 0 radical (unpaired) electrons. The molecule has 0 bridgehead atoms. The summed E-state index contributed by atoms with van der Waals surface area (Å²) in [5.74, 6) is -0.0933. The lowest BCUT2D eigenvalue weighted by molar-refractivity contribution is -0.143. The molecule has 0 spiro atoms. The van der Waals surface area contributed by atoms with Crippen molar-refractivity contribution in [1.82, 2.24) is 10.2 Å². The number of halogens is 3. The Hall–Kier alpha value is -1.80. The zero-order valence-electron chi connectivity index (χ0n) is 13.3. The predicted molar refractivity (Wildman–Crippen MR) is 81.6 cm³/mol. The average Bonchev–Trinajstić information content (AvgIpc) is 2.97. The molecule has 134 valence electrons. The summed E-state index contributed by atoms with van der Waals surface area (Å²) in [5.41, 5.74) is 0.400. The van der Waals surface area contributed by atoms with Crippen LogP contribution in [0.2, 0.25) is 0 Å². The van der Waals surface area contributed by atoms with Crippen molar-refractivity contribution in [3.63, 3.8) is 0 Å². The van der Waals surface area contributed by atoms with Crippen molar-refractivity contribution >= 4 is 5.91 Å². The summed E-state index contributed by atoms with van der Waals surface area (Å²) < 4.78 is 42.1. The number of ether oxygens (including phenoxy) is 1. The van der Waals surface area contributed by atoms with Gasteiger partial charge in [-0.1, -0.05) is 12.1 Å². The molecule has 2 atom stereocenters. The van der Waals surface area contributed by atoms with Crippen LogP contribution in [-0.4, -0.2) is 55.4 Å². The van der Waals surface area contributed by atoms with Gasteiger partial charge in [0.25, 0.3) is 5.91 Å². The number of likely N-dealkylation sites (tertiary alicyclic amines) is 1. The Morgan fingerprint density at radius 1 is 1.50 bits per heavy atom. The van der Waals surface area contributed by atoms with E-state index in [1.807, 2.05) is 0 Å². The number of aliphatic hydroxyl groups excluding tert-OH is 1. The standard InChI is InChI=1S/C16H21F3N2O3/c1-24-13-4-2-3-12(7-13)14(22)15(23)20-8-11-5-6-21(9-11)10-16(17,18)19/h2-4,7,11,14,22H,5-6,8-10H2,1H3,(H,20,23). The van der Waals surface area contributed by atoms with E-state index in [1.165, 1.54) is 12.0 Å². The SMILES string of the molecule is COc1cccc(C(O)C(=O)NCC2CCN(CC(F)(F)F)C2)c1. The number of nitrogens with one attached hydrogen (secondary N) is 1. The van der Waals surface area contributed by atoms with E-state index in [9.17, 15) is 23.1 Å². The largest absolute Gasteiger partial charge is 0.497 e. The first-order chi connectivity index (χ1) is 11.3. The molecule has 8 heteroatoms. The summed E-state index contributed by atoms with van der Waals surface area (Å²) in [6.07, 6.45) is -4.96. The highest BCUT2D eigenvalue weighted by atomic mass is 19.4. The number of methoxy groups -OCH3 is 1. The molecule has 5 nitrogen and oxygen atoms in total. The summed E-state index contributed by atoms with van der Waals surface area (Å²) in [4.78, 5) is 13.3. The Morgan fingerprint density at radius 3 is 2.92 bits per heavy atom. The third-order valence-electron chi connectivity index (χ3n) is 4.00. The Kier molecular flexibility index (Phi) is 6.06. The van der Waals surface area contributed by atoms with Crippen LogP contribution in [0.3, 0.4) is 0 Å². The third-order valence-corrected chi connectivity index (χ3v) is 4.00. The maximum atomic E-state index is 12.3. The van der Waals surface area contributed by atoms with Gasteiger partial charge in [0.15, 0.2) is 6.10 Å². The summed E-state index contributed by atoms with van der Waals surface area (Å²) in [7, 11) is 1.48. The molecule has 1 heterocycles. The molecule has 1 saturated heterocycles. The predicted octanol–water partition coefficient (Wildman–Crippen LogP) is 1.73. The van der Waals surface area contributed by atoms with Gasteiger partial charge >= 0.3 is 6.18 Å². The van der Waals surface area contributed by atoms with Gasteiger partial charge in [0, 0.05) is 13.1 Å². The van der Waals surface area contributed by atoms with Crippen LogP contribution >= 0.6 is 0 Å². The van der Waals surface area contributed by atoms with E-state index in [1.54, 1.807) is 24.3 Å². The molecular formula is C16H21F3N2O3. The summed E-state index contributed by atoms with van der Waals surface area (Å²) >= 11 is 0. The van der Waals surface area contributed by atoms with Crippen molar-refractivity contribution in [2.75, 3.05) is 33.3 Å².